The van der Waals surface area contributed by atoms with Crippen LogP contribution in [-0.2, 0) is 10.0 Å². The van der Waals surface area contributed by atoms with Crippen molar-refractivity contribution in [3.8, 4) is 5.75 Å². The lowest BCUT2D eigenvalue weighted by Crippen LogP contribution is -2.34. The first kappa shape index (κ1) is 17.9. The van der Waals surface area contributed by atoms with Gasteiger partial charge in [0, 0.05) is 11.4 Å². The molecule has 1 aromatic heterocycles. The molecular weight excluding hydrogens is 332 g/mol. The van der Waals surface area contributed by atoms with E-state index in [-0.39, 0.29) is 10.9 Å². The van der Waals surface area contributed by atoms with Crippen molar-refractivity contribution in [2.75, 3.05) is 27.7 Å². The van der Waals surface area contributed by atoms with Gasteiger partial charge in [0.25, 0.3) is 0 Å². The maximum atomic E-state index is 12.7. The molecule has 0 saturated heterocycles. The van der Waals surface area contributed by atoms with Gasteiger partial charge >= 0.3 is 0 Å². The molecule has 0 radical (unpaired) electrons. The first-order valence-corrected chi connectivity index (χ1v) is 9.55. The zero-order valence-electron chi connectivity index (χ0n) is 13.7. The summed E-state index contributed by atoms with van der Waals surface area (Å²) in [7, 11) is 1.70. The SMILES string of the molecule is COc1ccc(C)cc1S(=O)(=O)NCC(c1cccs1)N(C)C. The van der Waals surface area contributed by atoms with Crippen LogP contribution in [0.4, 0.5) is 0 Å². The largest absolute Gasteiger partial charge is 0.495 e. The quantitative estimate of drug-likeness (QED) is 0.830. The number of hydrogen-bond acceptors (Lipinski definition) is 5. The molecule has 0 aliphatic carbocycles. The fourth-order valence-corrected chi connectivity index (χ4v) is 4.49. The highest BCUT2D eigenvalue weighted by Crippen LogP contribution is 2.26. The van der Waals surface area contributed by atoms with Gasteiger partial charge in [-0.1, -0.05) is 12.1 Å². The normalized spacial score (nSPS) is 13.3. The summed E-state index contributed by atoms with van der Waals surface area (Å²) >= 11 is 1.61. The Morgan fingerprint density at radius 3 is 2.61 bits per heavy atom. The number of benzene rings is 1. The third-order valence-electron chi connectivity index (χ3n) is 3.57. The molecule has 1 aromatic carbocycles. The number of rotatable bonds is 7. The van der Waals surface area contributed by atoms with E-state index in [1.165, 1.54) is 7.11 Å². The summed E-state index contributed by atoms with van der Waals surface area (Å²) in [5.41, 5.74) is 0.869. The van der Waals surface area contributed by atoms with Gasteiger partial charge in [-0.15, -0.1) is 11.3 Å². The molecule has 1 N–H and O–H groups in total. The molecule has 5 nitrogen and oxygen atoms in total. The van der Waals surface area contributed by atoms with E-state index in [0.29, 0.717) is 12.3 Å². The standard InChI is InChI=1S/C16H22N2O3S2/c1-12-7-8-14(21-4)16(10-12)23(19,20)17-11-13(18(2)3)15-6-5-9-22-15/h5-10,13,17H,11H2,1-4H3. The third-order valence-corrected chi connectivity index (χ3v) is 5.99. The van der Waals surface area contributed by atoms with Crippen molar-refractivity contribution in [2.45, 2.75) is 17.9 Å². The van der Waals surface area contributed by atoms with Gasteiger partial charge in [-0.2, -0.15) is 0 Å². The fourth-order valence-electron chi connectivity index (χ4n) is 2.28. The van der Waals surface area contributed by atoms with Crippen LogP contribution in [0.15, 0.2) is 40.6 Å². The maximum absolute atomic E-state index is 12.7. The van der Waals surface area contributed by atoms with E-state index in [1.807, 2.05) is 49.5 Å². The summed E-state index contributed by atoms with van der Waals surface area (Å²) in [6.07, 6.45) is 0. The highest BCUT2D eigenvalue weighted by molar-refractivity contribution is 7.89. The molecule has 0 fully saturated rings. The predicted molar refractivity (Wildman–Crippen MR) is 93.7 cm³/mol. The van der Waals surface area contributed by atoms with E-state index in [2.05, 4.69) is 4.72 Å². The number of aryl methyl sites for hydroxylation is 1. The van der Waals surface area contributed by atoms with Crippen LogP contribution < -0.4 is 9.46 Å². The van der Waals surface area contributed by atoms with E-state index >= 15 is 0 Å². The van der Waals surface area contributed by atoms with E-state index in [4.69, 9.17) is 4.74 Å². The van der Waals surface area contributed by atoms with Crippen LogP contribution in [0, 0.1) is 6.92 Å². The lowest BCUT2D eigenvalue weighted by atomic mass is 10.2. The number of nitrogens with one attached hydrogen (secondary N) is 1. The lowest BCUT2D eigenvalue weighted by Gasteiger charge is -2.23. The molecule has 0 spiro atoms. The number of likely N-dealkylation sites (N-methyl/N-ethyl adjacent to an activating group) is 1. The molecule has 2 aromatic rings. The Morgan fingerprint density at radius 2 is 2.04 bits per heavy atom. The average Bonchev–Trinajstić information content (AvgIpc) is 3.01. The summed E-state index contributed by atoms with van der Waals surface area (Å²) < 4.78 is 33.2. The third kappa shape index (κ3) is 4.32. The van der Waals surface area contributed by atoms with E-state index < -0.39 is 10.0 Å². The second kappa shape index (κ2) is 7.44. The smallest absolute Gasteiger partial charge is 0.244 e. The lowest BCUT2D eigenvalue weighted by molar-refractivity contribution is 0.303. The number of methoxy groups -OCH3 is 1. The number of sulfonamides is 1. The summed E-state index contributed by atoms with van der Waals surface area (Å²) in [5, 5.41) is 1.99. The van der Waals surface area contributed by atoms with Crippen molar-refractivity contribution in [2.24, 2.45) is 0 Å². The fraction of sp³-hybridized carbons (Fsp3) is 0.375. The Morgan fingerprint density at radius 1 is 1.30 bits per heavy atom. The van der Waals surface area contributed by atoms with Crippen LogP contribution in [0.2, 0.25) is 0 Å². The Kier molecular flexibility index (Phi) is 5.80. The first-order chi connectivity index (χ1) is 10.8. The Hall–Kier alpha value is -1.41. The van der Waals surface area contributed by atoms with Crippen molar-refractivity contribution in [3.05, 3.63) is 46.2 Å². The van der Waals surface area contributed by atoms with Gasteiger partial charge < -0.3 is 9.64 Å². The van der Waals surface area contributed by atoms with Gasteiger partial charge in [0.05, 0.1) is 13.2 Å². The van der Waals surface area contributed by atoms with Gasteiger partial charge in [0.1, 0.15) is 10.6 Å². The second-order valence-corrected chi connectivity index (χ2v) is 8.22. The zero-order valence-corrected chi connectivity index (χ0v) is 15.4. The Bertz CT molecular complexity index is 741. The van der Waals surface area contributed by atoms with Gasteiger partial charge in [0.15, 0.2) is 0 Å². The van der Waals surface area contributed by atoms with Crippen LogP contribution in [0.1, 0.15) is 16.5 Å². The number of ether oxygens (including phenoxy) is 1. The number of hydrogen-bond donors (Lipinski definition) is 1. The number of thiophene rings is 1. The Labute approximate surface area is 142 Å². The van der Waals surface area contributed by atoms with Crippen molar-refractivity contribution in [1.29, 1.82) is 0 Å². The van der Waals surface area contributed by atoms with Gasteiger partial charge in [-0.05, 0) is 50.2 Å². The molecule has 0 bridgehead atoms. The van der Waals surface area contributed by atoms with Crippen LogP contribution in [-0.4, -0.2) is 41.1 Å². The molecule has 23 heavy (non-hydrogen) atoms. The van der Waals surface area contributed by atoms with Crippen molar-refractivity contribution in [1.82, 2.24) is 9.62 Å². The van der Waals surface area contributed by atoms with E-state index in [0.717, 1.165) is 10.4 Å². The number of nitrogens with zero attached hydrogens (tertiary/aromatic N) is 1. The summed E-state index contributed by atoms with van der Waals surface area (Å²) in [4.78, 5) is 3.29. The van der Waals surface area contributed by atoms with Crippen LogP contribution in [0.3, 0.4) is 0 Å². The van der Waals surface area contributed by atoms with Gasteiger partial charge in [-0.3, -0.25) is 0 Å². The van der Waals surface area contributed by atoms with Crippen molar-refractivity contribution < 1.29 is 13.2 Å². The molecule has 1 heterocycles. The van der Waals surface area contributed by atoms with Crippen molar-refractivity contribution >= 4 is 21.4 Å². The second-order valence-electron chi connectivity index (χ2n) is 5.50. The summed E-state index contributed by atoms with van der Waals surface area (Å²) in [6, 6.07) is 9.09. The average molecular weight is 354 g/mol. The molecule has 0 saturated carbocycles. The van der Waals surface area contributed by atoms with E-state index in [9.17, 15) is 8.42 Å². The summed E-state index contributed by atoms with van der Waals surface area (Å²) in [5.74, 6) is 0.348. The zero-order chi connectivity index (χ0) is 17.0. The molecule has 0 aliphatic rings. The van der Waals surface area contributed by atoms with Crippen molar-refractivity contribution in [3.63, 3.8) is 0 Å². The van der Waals surface area contributed by atoms with Crippen LogP contribution in [0.5, 0.6) is 5.75 Å². The minimum Gasteiger partial charge on any atom is -0.495 e. The minimum absolute atomic E-state index is 0.0134. The van der Waals surface area contributed by atoms with Crippen LogP contribution >= 0.6 is 11.3 Å². The minimum atomic E-state index is -3.64. The molecule has 1 atom stereocenters. The molecule has 126 valence electrons. The molecule has 0 aliphatic heterocycles. The Balaban J connectivity index is 2.23. The monoisotopic (exact) mass is 354 g/mol. The molecule has 1 unspecified atom stereocenters. The topological polar surface area (TPSA) is 58.6 Å². The highest BCUT2D eigenvalue weighted by atomic mass is 32.2. The molecular formula is C16H22N2O3S2. The first-order valence-electron chi connectivity index (χ1n) is 7.19. The van der Waals surface area contributed by atoms with Gasteiger partial charge in [-0.25, -0.2) is 13.1 Å². The maximum Gasteiger partial charge on any atom is 0.244 e. The van der Waals surface area contributed by atoms with Crippen LogP contribution in [0.25, 0.3) is 0 Å². The van der Waals surface area contributed by atoms with Gasteiger partial charge in [0.2, 0.25) is 10.0 Å². The highest BCUT2D eigenvalue weighted by Gasteiger charge is 2.23. The predicted octanol–water partition coefficient (Wildman–Crippen LogP) is 2.65. The summed E-state index contributed by atoms with van der Waals surface area (Å²) in [6.45, 7) is 2.15. The molecule has 7 heteroatoms. The molecule has 0 amide bonds. The molecule has 2 rings (SSSR count). The van der Waals surface area contributed by atoms with E-state index in [1.54, 1.807) is 23.5 Å².